The van der Waals surface area contributed by atoms with E-state index in [0.717, 1.165) is 50.3 Å². The number of aryl methyl sites for hydroxylation is 3. The lowest BCUT2D eigenvalue weighted by Crippen LogP contribution is -2.35. The van der Waals surface area contributed by atoms with Gasteiger partial charge in [-0.1, -0.05) is 19.9 Å². The predicted octanol–water partition coefficient (Wildman–Crippen LogP) is 4.32. The van der Waals surface area contributed by atoms with Crippen LogP contribution in [-0.2, 0) is 37.8 Å². The fourth-order valence-electron chi connectivity index (χ4n) is 4.79. The predicted molar refractivity (Wildman–Crippen MR) is 128 cm³/mol. The van der Waals surface area contributed by atoms with Crippen LogP contribution in [0.5, 0.6) is 0 Å². The van der Waals surface area contributed by atoms with Gasteiger partial charge < -0.3 is 9.80 Å². The van der Waals surface area contributed by atoms with Gasteiger partial charge in [0.05, 0.1) is 12.7 Å². The van der Waals surface area contributed by atoms with Gasteiger partial charge in [0.1, 0.15) is 0 Å². The van der Waals surface area contributed by atoms with E-state index in [4.69, 9.17) is 5.10 Å². The second kappa shape index (κ2) is 9.18. The Hall–Kier alpha value is -3.09. The number of hydrogen-bond acceptors (Lipinski definition) is 4. The van der Waals surface area contributed by atoms with Crippen LogP contribution >= 0.6 is 0 Å². The smallest absolute Gasteiger partial charge is 0.219 e. The Morgan fingerprint density at radius 3 is 2.62 bits per heavy atom. The molecule has 2 aliphatic rings. The number of nitrogens with zero attached hydrogens (tertiary/aromatic N) is 6. The molecule has 1 amide bonds. The van der Waals surface area contributed by atoms with Gasteiger partial charge >= 0.3 is 0 Å². The Labute approximate surface area is 190 Å². The van der Waals surface area contributed by atoms with Crippen molar-refractivity contribution in [3.05, 3.63) is 47.4 Å². The van der Waals surface area contributed by atoms with Gasteiger partial charge in [-0.3, -0.25) is 14.2 Å². The molecule has 4 heterocycles. The highest BCUT2D eigenvalue weighted by Gasteiger charge is 2.30. The summed E-state index contributed by atoms with van der Waals surface area (Å²) in [5.41, 5.74) is 7.42. The van der Waals surface area contributed by atoms with Crippen molar-refractivity contribution < 1.29 is 4.79 Å². The van der Waals surface area contributed by atoms with Crippen molar-refractivity contribution in [2.24, 2.45) is 7.05 Å². The van der Waals surface area contributed by atoms with E-state index in [1.165, 1.54) is 28.1 Å². The molecule has 7 heteroatoms. The summed E-state index contributed by atoms with van der Waals surface area (Å²) < 4.78 is 3.96. The van der Waals surface area contributed by atoms with E-state index in [2.05, 4.69) is 46.0 Å². The first-order chi connectivity index (χ1) is 15.5. The number of aromatic nitrogens is 4. The molecular weight excluding hydrogens is 400 g/mol. The minimum absolute atomic E-state index is 0.135. The number of carbonyl (C=O) groups excluding carboxylic acids is 1. The van der Waals surface area contributed by atoms with Crippen LogP contribution in [-0.4, -0.2) is 43.5 Å². The molecule has 0 atom stereocenters. The molecule has 0 saturated heterocycles. The zero-order valence-corrected chi connectivity index (χ0v) is 19.9. The monoisotopic (exact) mass is 434 g/mol. The van der Waals surface area contributed by atoms with Crippen molar-refractivity contribution in [3.8, 4) is 11.1 Å². The van der Waals surface area contributed by atoms with Crippen LogP contribution < -0.4 is 4.90 Å². The summed E-state index contributed by atoms with van der Waals surface area (Å²) in [5, 5.41) is 9.31. The summed E-state index contributed by atoms with van der Waals surface area (Å²) >= 11 is 0. The van der Waals surface area contributed by atoms with Gasteiger partial charge in [-0.15, -0.1) is 0 Å². The van der Waals surface area contributed by atoms with E-state index in [0.29, 0.717) is 6.54 Å². The average Bonchev–Trinajstić information content (AvgIpc) is 3.42. The largest absolute Gasteiger partial charge is 0.338 e. The molecule has 2 aromatic heterocycles. The fourth-order valence-corrected chi connectivity index (χ4v) is 4.79. The Bertz CT molecular complexity index is 1110. The zero-order chi connectivity index (χ0) is 22.8. The van der Waals surface area contributed by atoms with E-state index >= 15 is 0 Å². The molecule has 170 valence electrons. The molecule has 0 aliphatic carbocycles. The average molecular weight is 435 g/mol. The van der Waals surface area contributed by atoms with Crippen LogP contribution in [0, 0.1) is 0 Å². The van der Waals surface area contributed by atoms with E-state index in [1.807, 2.05) is 36.7 Å². The Kier molecular flexibility index (Phi) is 6.35. The lowest BCUT2D eigenvalue weighted by molar-refractivity contribution is -0.129. The standard InChI is InChI=1S/C23H28N6O.C2H6/c1-4-29-22-9-11-27(16(2)30)15-20(22)23(25-29)28-10-5-6-18-12-17(7-8-21(18)28)19-13-24-26(3)14-19;1-2/h7-8,12-14H,4-6,9-11,15H2,1-3H3;1-2H3. The van der Waals surface area contributed by atoms with Crippen LogP contribution in [0.2, 0.25) is 0 Å². The van der Waals surface area contributed by atoms with Crippen LogP contribution in [0.15, 0.2) is 30.6 Å². The highest BCUT2D eigenvalue weighted by atomic mass is 16.2. The Balaban J connectivity index is 0.00000119. The molecule has 2 aliphatic heterocycles. The number of amides is 1. The van der Waals surface area contributed by atoms with Crippen molar-refractivity contribution in [1.29, 1.82) is 0 Å². The molecule has 0 fully saturated rings. The maximum atomic E-state index is 12.0. The molecule has 0 radical (unpaired) electrons. The van der Waals surface area contributed by atoms with Gasteiger partial charge in [-0.2, -0.15) is 10.2 Å². The lowest BCUT2D eigenvalue weighted by Gasteiger charge is -2.32. The van der Waals surface area contributed by atoms with E-state index < -0.39 is 0 Å². The molecule has 3 aromatic rings. The SMILES string of the molecule is CC.CCn1nc(N2CCCc3cc(-c4cnn(C)c4)ccc32)c2c1CCN(C(C)=O)C2. The normalized spacial score (nSPS) is 15.0. The lowest BCUT2D eigenvalue weighted by atomic mass is 9.96. The summed E-state index contributed by atoms with van der Waals surface area (Å²) in [4.78, 5) is 16.3. The molecule has 0 saturated carbocycles. The first-order valence-electron chi connectivity index (χ1n) is 11.8. The molecule has 5 rings (SSSR count). The van der Waals surface area contributed by atoms with Crippen molar-refractivity contribution in [1.82, 2.24) is 24.5 Å². The topological polar surface area (TPSA) is 59.2 Å². The molecule has 0 unspecified atom stereocenters. The Morgan fingerprint density at radius 1 is 1.12 bits per heavy atom. The van der Waals surface area contributed by atoms with Gasteiger partial charge in [0.2, 0.25) is 5.91 Å². The minimum atomic E-state index is 0.135. The molecular formula is C25H34N6O. The van der Waals surface area contributed by atoms with Gasteiger partial charge in [0, 0.05) is 68.7 Å². The minimum Gasteiger partial charge on any atom is -0.338 e. The third kappa shape index (κ3) is 3.92. The number of rotatable bonds is 3. The summed E-state index contributed by atoms with van der Waals surface area (Å²) in [5.74, 6) is 1.16. The van der Waals surface area contributed by atoms with Crippen LogP contribution in [0.3, 0.4) is 0 Å². The van der Waals surface area contributed by atoms with Gasteiger partial charge in [-0.25, -0.2) is 0 Å². The molecule has 32 heavy (non-hydrogen) atoms. The number of fused-ring (bicyclic) bond motifs is 2. The highest BCUT2D eigenvalue weighted by molar-refractivity contribution is 5.76. The second-order valence-corrected chi connectivity index (χ2v) is 8.26. The van der Waals surface area contributed by atoms with Crippen molar-refractivity contribution in [2.45, 2.75) is 60.0 Å². The Morgan fingerprint density at radius 2 is 1.94 bits per heavy atom. The molecule has 0 bridgehead atoms. The number of benzene rings is 1. The summed E-state index contributed by atoms with van der Waals surface area (Å²) in [6, 6.07) is 6.70. The van der Waals surface area contributed by atoms with E-state index in [1.54, 1.807) is 6.92 Å². The number of hydrogen-bond donors (Lipinski definition) is 0. The third-order valence-corrected chi connectivity index (χ3v) is 6.35. The van der Waals surface area contributed by atoms with E-state index in [9.17, 15) is 4.79 Å². The van der Waals surface area contributed by atoms with Gasteiger partial charge in [0.25, 0.3) is 0 Å². The number of anilines is 2. The van der Waals surface area contributed by atoms with Crippen LogP contribution in [0.25, 0.3) is 11.1 Å². The third-order valence-electron chi connectivity index (χ3n) is 6.35. The second-order valence-electron chi connectivity index (χ2n) is 8.26. The van der Waals surface area contributed by atoms with Crippen molar-refractivity contribution >= 4 is 17.4 Å². The summed E-state index contributed by atoms with van der Waals surface area (Å²) in [6.07, 6.45) is 7.00. The van der Waals surface area contributed by atoms with E-state index in [-0.39, 0.29) is 5.91 Å². The summed E-state index contributed by atoms with van der Waals surface area (Å²) in [6.45, 7) is 11.0. The quantitative estimate of drug-likeness (QED) is 0.616. The zero-order valence-electron chi connectivity index (χ0n) is 19.9. The van der Waals surface area contributed by atoms with Crippen LogP contribution in [0.1, 0.15) is 50.9 Å². The van der Waals surface area contributed by atoms with Gasteiger partial charge in [0.15, 0.2) is 5.82 Å². The highest BCUT2D eigenvalue weighted by Crippen LogP contribution is 2.39. The number of carbonyl (C=O) groups is 1. The van der Waals surface area contributed by atoms with Crippen molar-refractivity contribution in [3.63, 3.8) is 0 Å². The van der Waals surface area contributed by atoms with Crippen LogP contribution in [0.4, 0.5) is 11.5 Å². The first-order valence-corrected chi connectivity index (χ1v) is 11.8. The molecule has 0 N–H and O–H groups in total. The summed E-state index contributed by atoms with van der Waals surface area (Å²) in [7, 11) is 1.95. The molecule has 1 aromatic carbocycles. The fraction of sp³-hybridized carbons (Fsp3) is 0.480. The first kappa shape index (κ1) is 22.1. The molecule has 7 nitrogen and oxygen atoms in total. The maximum absolute atomic E-state index is 12.0. The van der Waals surface area contributed by atoms with Gasteiger partial charge in [-0.05, 0) is 43.0 Å². The maximum Gasteiger partial charge on any atom is 0.219 e. The molecule has 0 spiro atoms. The van der Waals surface area contributed by atoms with Crippen molar-refractivity contribution in [2.75, 3.05) is 18.0 Å².